The number of amides is 1. The summed E-state index contributed by atoms with van der Waals surface area (Å²) in [6.07, 6.45) is 1.89. The van der Waals surface area contributed by atoms with Crippen LogP contribution < -0.4 is 0 Å². The molecule has 0 heterocycles. The van der Waals surface area contributed by atoms with Crippen molar-refractivity contribution < 1.29 is 28.6 Å². The molecule has 0 bridgehead atoms. The van der Waals surface area contributed by atoms with Crippen LogP contribution in [0.5, 0.6) is 0 Å². The lowest BCUT2D eigenvalue weighted by atomic mass is 9.75. The Labute approximate surface area is 256 Å². The topological polar surface area (TPSA) is 82.1 Å². The van der Waals surface area contributed by atoms with Gasteiger partial charge in [0, 0.05) is 13.6 Å². The van der Waals surface area contributed by atoms with Crippen molar-refractivity contribution in [2.24, 2.45) is 5.41 Å². The van der Waals surface area contributed by atoms with E-state index in [0.717, 1.165) is 35.1 Å². The van der Waals surface area contributed by atoms with Crippen LogP contribution in [0.4, 0.5) is 4.79 Å². The second-order valence-electron chi connectivity index (χ2n) is 12.0. The molecule has 1 amide bonds. The van der Waals surface area contributed by atoms with Gasteiger partial charge < -0.3 is 19.1 Å². The fourth-order valence-corrected chi connectivity index (χ4v) is 5.15. The zero-order valence-corrected chi connectivity index (χ0v) is 26.1. The first-order chi connectivity index (χ1) is 20.5. The minimum absolute atomic E-state index is 0.179. The second kappa shape index (κ2) is 15.9. The van der Waals surface area contributed by atoms with Crippen molar-refractivity contribution in [3.05, 3.63) is 107 Å². The molecular weight excluding hydrogens is 542 g/mol. The molecule has 0 aliphatic rings. The fourth-order valence-electron chi connectivity index (χ4n) is 5.15. The van der Waals surface area contributed by atoms with E-state index in [-0.39, 0.29) is 43.1 Å². The lowest BCUT2D eigenvalue weighted by Crippen LogP contribution is -2.37. The van der Waals surface area contributed by atoms with Crippen molar-refractivity contribution in [1.82, 2.24) is 4.90 Å². The molecule has 230 valence electrons. The summed E-state index contributed by atoms with van der Waals surface area (Å²) in [4.78, 5) is 39.8. The van der Waals surface area contributed by atoms with Gasteiger partial charge in [0.2, 0.25) is 0 Å². The van der Waals surface area contributed by atoms with E-state index >= 15 is 0 Å². The number of carbonyl (C=O) groups is 3. The van der Waals surface area contributed by atoms with Crippen molar-refractivity contribution in [3.8, 4) is 0 Å². The minimum atomic E-state index is -0.895. The van der Waals surface area contributed by atoms with Gasteiger partial charge >= 0.3 is 18.0 Å². The van der Waals surface area contributed by atoms with Crippen LogP contribution in [0.1, 0.15) is 69.2 Å². The summed E-state index contributed by atoms with van der Waals surface area (Å²) in [7, 11) is 1.75. The van der Waals surface area contributed by atoms with Gasteiger partial charge in [0.1, 0.15) is 13.2 Å². The number of esters is 2. The number of carbonyl (C=O) groups excluding carboxylic acids is 3. The summed E-state index contributed by atoms with van der Waals surface area (Å²) in [6, 6.07) is 26.8. The normalized spacial score (nSPS) is 12.6. The number of hydrogen-bond acceptors (Lipinski definition) is 6. The molecule has 1 unspecified atom stereocenters. The maximum atomic E-state index is 13.6. The Hall–Kier alpha value is -4.13. The van der Waals surface area contributed by atoms with Crippen LogP contribution in [0.3, 0.4) is 0 Å². The molecule has 3 aromatic rings. The molecule has 1 atom stereocenters. The summed E-state index contributed by atoms with van der Waals surface area (Å²) in [5.74, 6) is -0.578. The Morgan fingerprint density at radius 2 is 1.26 bits per heavy atom. The molecule has 0 aliphatic carbocycles. The van der Waals surface area contributed by atoms with Crippen molar-refractivity contribution in [3.63, 3.8) is 0 Å². The third kappa shape index (κ3) is 10.6. The Morgan fingerprint density at radius 1 is 0.698 bits per heavy atom. The number of nitrogens with zero attached hydrogens (tertiary/aromatic N) is 1. The highest BCUT2D eigenvalue weighted by atomic mass is 16.6. The molecule has 7 heteroatoms. The zero-order chi connectivity index (χ0) is 31.3. The molecule has 0 saturated heterocycles. The summed E-state index contributed by atoms with van der Waals surface area (Å²) in [6.45, 7) is 9.20. The van der Waals surface area contributed by atoms with Gasteiger partial charge in [-0.1, -0.05) is 105 Å². The van der Waals surface area contributed by atoms with Crippen LogP contribution >= 0.6 is 0 Å². The predicted molar refractivity (Wildman–Crippen MR) is 167 cm³/mol. The highest BCUT2D eigenvalue weighted by Gasteiger charge is 2.37. The first kappa shape index (κ1) is 33.4. The Balaban J connectivity index is 1.65. The van der Waals surface area contributed by atoms with Crippen LogP contribution in [0.15, 0.2) is 84.9 Å². The Bertz CT molecular complexity index is 1310. The number of ether oxygens (including phenoxy) is 3. The number of benzene rings is 3. The molecule has 0 spiro atoms. The summed E-state index contributed by atoms with van der Waals surface area (Å²) in [5.41, 5.74) is 2.41. The van der Waals surface area contributed by atoms with E-state index in [4.69, 9.17) is 14.2 Å². The monoisotopic (exact) mass is 587 g/mol. The van der Waals surface area contributed by atoms with Gasteiger partial charge in [-0.3, -0.25) is 9.59 Å². The fraction of sp³-hybridized carbons (Fsp3) is 0.417. The summed E-state index contributed by atoms with van der Waals surface area (Å²) >= 11 is 0. The van der Waals surface area contributed by atoms with Crippen molar-refractivity contribution in [2.75, 3.05) is 20.2 Å². The largest absolute Gasteiger partial charge is 0.466 e. The van der Waals surface area contributed by atoms with Gasteiger partial charge in [0.05, 0.1) is 18.4 Å². The third-order valence-electron chi connectivity index (χ3n) is 7.62. The Kier molecular flexibility index (Phi) is 12.4. The first-order valence-electron chi connectivity index (χ1n) is 14.9. The highest BCUT2D eigenvalue weighted by molar-refractivity contribution is 5.83. The highest BCUT2D eigenvalue weighted by Crippen LogP contribution is 2.35. The molecule has 0 N–H and O–H groups in total. The smallest absolute Gasteiger partial charge is 0.409 e. The average molecular weight is 588 g/mol. The molecule has 3 aromatic carbocycles. The van der Waals surface area contributed by atoms with E-state index in [9.17, 15) is 14.4 Å². The average Bonchev–Trinajstić information content (AvgIpc) is 2.99. The van der Waals surface area contributed by atoms with Crippen molar-refractivity contribution in [2.45, 2.75) is 72.0 Å². The van der Waals surface area contributed by atoms with Crippen LogP contribution in [-0.2, 0) is 48.8 Å². The SMILES string of the molecule is CCOC(=O)Cc1ccc(C(C)(CCCC(C)(C)CN(C)C(=O)OCc2ccccc2)C(=O)OCc2ccccc2)cc1. The molecule has 0 fully saturated rings. The second-order valence-corrected chi connectivity index (χ2v) is 12.0. The minimum Gasteiger partial charge on any atom is -0.466 e. The van der Waals surface area contributed by atoms with Gasteiger partial charge in [-0.05, 0) is 54.4 Å². The lowest BCUT2D eigenvalue weighted by molar-refractivity contribution is -0.152. The van der Waals surface area contributed by atoms with Gasteiger partial charge in [-0.25, -0.2) is 4.79 Å². The first-order valence-corrected chi connectivity index (χ1v) is 14.9. The molecule has 43 heavy (non-hydrogen) atoms. The molecule has 0 radical (unpaired) electrons. The van der Waals surface area contributed by atoms with Gasteiger partial charge in [0.15, 0.2) is 0 Å². The summed E-state index contributed by atoms with van der Waals surface area (Å²) < 4.78 is 16.4. The molecular formula is C36H45NO6. The van der Waals surface area contributed by atoms with E-state index in [1.165, 1.54) is 0 Å². The number of hydrogen-bond donors (Lipinski definition) is 0. The van der Waals surface area contributed by atoms with Crippen LogP contribution in [-0.4, -0.2) is 43.1 Å². The van der Waals surface area contributed by atoms with E-state index in [2.05, 4.69) is 13.8 Å². The molecule has 7 nitrogen and oxygen atoms in total. The molecule has 0 aliphatic heterocycles. The maximum Gasteiger partial charge on any atom is 0.409 e. The maximum absolute atomic E-state index is 13.6. The third-order valence-corrected chi connectivity index (χ3v) is 7.62. The van der Waals surface area contributed by atoms with Gasteiger partial charge in [0.25, 0.3) is 0 Å². The van der Waals surface area contributed by atoms with Gasteiger partial charge in [-0.15, -0.1) is 0 Å². The summed E-state index contributed by atoms with van der Waals surface area (Å²) in [5, 5.41) is 0. The zero-order valence-electron chi connectivity index (χ0n) is 26.1. The van der Waals surface area contributed by atoms with E-state index in [1.54, 1.807) is 18.9 Å². The van der Waals surface area contributed by atoms with Crippen molar-refractivity contribution >= 4 is 18.0 Å². The molecule has 0 aromatic heterocycles. The van der Waals surface area contributed by atoms with E-state index in [0.29, 0.717) is 19.6 Å². The predicted octanol–water partition coefficient (Wildman–Crippen LogP) is 7.26. The standard InChI is InChI=1S/C36H45NO6/c1-6-41-32(38)24-28-18-20-31(21-19-28)36(4,33(39)42-25-29-14-9-7-10-15-29)23-13-22-35(2,3)27-37(5)34(40)43-26-30-16-11-8-12-17-30/h7-12,14-21H,6,13,22-27H2,1-5H3. The molecule has 0 saturated carbocycles. The van der Waals surface area contributed by atoms with Gasteiger partial charge in [-0.2, -0.15) is 0 Å². The van der Waals surface area contributed by atoms with E-state index in [1.807, 2.05) is 91.9 Å². The Morgan fingerprint density at radius 3 is 1.81 bits per heavy atom. The van der Waals surface area contributed by atoms with Crippen LogP contribution in [0.25, 0.3) is 0 Å². The quantitative estimate of drug-likeness (QED) is 0.138. The van der Waals surface area contributed by atoms with Crippen LogP contribution in [0, 0.1) is 5.41 Å². The van der Waals surface area contributed by atoms with Crippen LogP contribution in [0.2, 0.25) is 0 Å². The molecule has 3 rings (SSSR count). The number of rotatable bonds is 15. The lowest BCUT2D eigenvalue weighted by Gasteiger charge is -2.32. The van der Waals surface area contributed by atoms with E-state index < -0.39 is 5.41 Å². The van der Waals surface area contributed by atoms with Crippen molar-refractivity contribution in [1.29, 1.82) is 0 Å².